The van der Waals surface area contributed by atoms with Gasteiger partial charge in [0.15, 0.2) is 0 Å². The molecule has 0 aromatic carbocycles. The normalized spacial score (nSPS) is 47.7. The number of fused-ring (bicyclic) bond motifs is 4. The Hall–Kier alpha value is -1.19. The van der Waals surface area contributed by atoms with Gasteiger partial charge < -0.3 is 4.84 Å². The minimum atomic E-state index is -0.697. The highest BCUT2D eigenvalue weighted by atomic mass is 16.7. The van der Waals surface area contributed by atoms with E-state index in [2.05, 4.69) is 39.8 Å². The summed E-state index contributed by atoms with van der Waals surface area (Å²) in [4.78, 5) is 31.2. The zero-order valence-electron chi connectivity index (χ0n) is 16.5. The molecule has 4 heteroatoms. The average molecular weight is 345 g/mol. The predicted octanol–water partition coefficient (Wildman–Crippen LogP) is 4.52. The van der Waals surface area contributed by atoms with Crippen LogP contribution in [0.25, 0.3) is 0 Å². The van der Waals surface area contributed by atoms with Gasteiger partial charge in [0, 0.05) is 17.3 Å². The van der Waals surface area contributed by atoms with Crippen molar-refractivity contribution >= 4 is 17.5 Å². The molecule has 4 unspecified atom stereocenters. The van der Waals surface area contributed by atoms with Crippen LogP contribution in [-0.4, -0.2) is 17.5 Å². The summed E-state index contributed by atoms with van der Waals surface area (Å²) >= 11 is 0. The van der Waals surface area contributed by atoms with E-state index in [0.29, 0.717) is 12.3 Å². The third-order valence-corrected chi connectivity index (χ3v) is 9.85. The molecular formula is C21H31NO3. The molecule has 0 saturated heterocycles. The van der Waals surface area contributed by atoms with Crippen LogP contribution in [0.15, 0.2) is 5.16 Å². The Morgan fingerprint density at radius 1 is 1.04 bits per heavy atom. The lowest BCUT2D eigenvalue weighted by Gasteiger charge is -2.37. The van der Waals surface area contributed by atoms with Gasteiger partial charge >= 0.3 is 5.97 Å². The molecule has 0 amide bonds. The summed E-state index contributed by atoms with van der Waals surface area (Å²) in [6.45, 7) is 13.0. The van der Waals surface area contributed by atoms with E-state index in [9.17, 15) is 9.59 Å². The Balaban J connectivity index is 1.60. The summed E-state index contributed by atoms with van der Waals surface area (Å²) in [5, 5.41) is 4.40. The maximum absolute atomic E-state index is 13.1. The van der Waals surface area contributed by atoms with Crippen molar-refractivity contribution in [2.45, 2.75) is 80.1 Å². The summed E-state index contributed by atoms with van der Waals surface area (Å²) in [5.41, 5.74) is -0.185. The first-order valence-corrected chi connectivity index (χ1v) is 9.75. The van der Waals surface area contributed by atoms with Crippen LogP contribution in [0.3, 0.4) is 0 Å². The Bertz CT molecular complexity index is 706. The fourth-order valence-corrected chi connectivity index (χ4v) is 6.56. The van der Waals surface area contributed by atoms with E-state index in [1.54, 1.807) is 0 Å². The molecule has 4 atom stereocenters. The van der Waals surface area contributed by atoms with Crippen molar-refractivity contribution in [3.63, 3.8) is 0 Å². The molecule has 4 saturated carbocycles. The number of Topliss-reactive ketones (excluding diaryl/α,β-unsaturated/α-hetero) is 1. The van der Waals surface area contributed by atoms with E-state index >= 15 is 0 Å². The molecule has 138 valence electrons. The van der Waals surface area contributed by atoms with Gasteiger partial charge in [0.1, 0.15) is 5.78 Å². The standard InChI is InChI=1S/C21H31NO3/c1-17(2)13-7-8-19(17,5)14(11-13)22-25-16(24)21-10-9-20(6,15(23)12-21)18(21,3)4/h13H,7-12H2,1-6H3. The highest BCUT2D eigenvalue weighted by molar-refractivity contribution is 5.98. The summed E-state index contributed by atoms with van der Waals surface area (Å²) in [6, 6.07) is 0. The Morgan fingerprint density at radius 2 is 1.72 bits per heavy atom. The number of rotatable bonds is 2. The van der Waals surface area contributed by atoms with Crippen molar-refractivity contribution < 1.29 is 14.4 Å². The average Bonchev–Trinajstić information content (AvgIpc) is 3.02. The first-order chi connectivity index (χ1) is 11.4. The topological polar surface area (TPSA) is 55.7 Å². The van der Waals surface area contributed by atoms with Crippen LogP contribution in [-0.2, 0) is 14.4 Å². The molecule has 4 aliphatic rings. The molecule has 0 N–H and O–H groups in total. The number of ketones is 1. The molecule has 4 rings (SSSR count). The third-order valence-electron chi connectivity index (χ3n) is 9.85. The lowest BCUT2D eigenvalue weighted by Crippen LogP contribution is -2.41. The molecule has 0 aromatic heterocycles. The highest BCUT2D eigenvalue weighted by Crippen LogP contribution is 2.71. The Labute approximate surface area is 150 Å². The molecule has 25 heavy (non-hydrogen) atoms. The fraction of sp³-hybridized carbons (Fsp3) is 0.857. The van der Waals surface area contributed by atoms with Crippen molar-refractivity contribution in [1.82, 2.24) is 0 Å². The monoisotopic (exact) mass is 345 g/mol. The van der Waals surface area contributed by atoms with E-state index in [-0.39, 0.29) is 28.0 Å². The molecular weight excluding hydrogens is 314 g/mol. The van der Waals surface area contributed by atoms with Gasteiger partial charge in [-0.2, -0.15) is 0 Å². The van der Waals surface area contributed by atoms with Gasteiger partial charge in [-0.3, -0.25) is 4.79 Å². The van der Waals surface area contributed by atoms with Crippen LogP contribution in [0.5, 0.6) is 0 Å². The van der Waals surface area contributed by atoms with E-state index < -0.39 is 10.8 Å². The molecule has 0 aromatic rings. The maximum Gasteiger partial charge on any atom is 0.342 e. The summed E-state index contributed by atoms with van der Waals surface area (Å²) in [6.07, 6.45) is 5.11. The Kier molecular flexibility index (Phi) is 3.14. The lowest BCUT2D eigenvalue weighted by molar-refractivity contribution is -0.162. The summed E-state index contributed by atoms with van der Waals surface area (Å²) < 4.78 is 0. The van der Waals surface area contributed by atoms with Gasteiger partial charge in [-0.15, -0.1) is 0 Å². The number of oxime groups is 1. The minimum Gasteiger partial charge on any atom is -0.318 e. The highest BCUT2D eigenvalue weighted by Gasteiger charge is 2.73. The largest absolute Gasteiger partial charge is 0.342 e. The zero-order valence-corrected chi connectivity index (χ0v) is 16.5. The van der Waals surface area contributed by atoms with Crippen molar-refractivity contribution in [2.24, 2.45) is 38.1 Å². The van der Waals surface area contributed by atoms with Gasteiger partial charge in [0.2, 0.25) is 0 Å². The number of hydrogen-bond acceptors (Lipinski definition) is 4. The van der Waals surface area contributed by atoms with Gasteiger partial charge in [-0.25, -0.2) is 4.79 Å². The van der Waals surface area contributed by atoms with E-state index in [1.165, 1.54) is 6.42 Å². The molecule has 0 spiro atoms. The second-order valence-corrected chi connectivity index (χ2v) is 10.5. The van der Waals surface area contributed by atoms with Crippen molar-refractivity contribution in [1.29, 1.82) is 0 Å². The molecule has 0 radical (unpaired) electrons. The predicted molar refractivity (Wildman–Crippen MR) is 95.9 cm³/mol. The quantitative estimate of drug-likeness (QED) is 0.546. The van der Waals surface area contributed by atoms with Crippen molar-refractivity contribution in [2.75, 3.05) is 0 Å². The van der Waals surface area contributed by atoms with E-state index in [4.69, 9.17) is 4.84 Å². The van der Waals surface area contributed by atoms with Crippen LogP contribution in [0.4, 0.5) is 0 Å². The second-order valence-electron chi connectivity index (χ2n) is 10.5. The summed E-state index contributed by atoms with van der Waals surface area (Å²) in [7, 11) is 0. The van der Waals surface area contributed by atoms with Crippen LogP contribution < -0.4 is 0 Å². The molecule has 0 heterocycles. The molecule has 4 aliphatic carbocycles. The number of carbonyl (C=O) groups is 2. The van der Waals surface area contributed by atoms with Gasteiger partial charge in [-0.1, -0.05) is 46.7 Å². The molecule has 0 aliphatic heterocycles. The lowest BCUT2D eigenvalue weighted by atomic mass is 9.65. The van der Waals surface area contributed by atoms with Crippen LogP contribution in [0.2, 0.25) is 0 Å². The van der Waals surface area contributed by atoms with Gasteiger partial charge in [-0.05, 0) is 48.9 Å². The molecule has 4 fully saturated rings. The van der Waals surface area contributed by atoms with Crippen molar-refractivity contribution in [3.8, 4) is 0 Å². The summed E-state index contributed by atoms with van der Waals surface area (Å²) in [5.74, 6) is 0.553. The minimum absolute atomic E-state index is 0.0286. The van der Waals surface area contributed by atoms with Crippen molar-refractivity contribution in [3.05, 3.63) is 0 Å². The number of hydrogen-bond donors (Lipinski definition) is 0. The van der Waals surface area contributed by atoms with Gasteiger partial charge in [0.25, 0.3) is 0 Å². The fourth-order valence-electron chi connectivity index (χ4n) is 6.56. The Morgan fingerprint density at radius 3 is 2.16 bits per heavy atom. The second kappa shape index (κ2) is 4.55. The zero-order chi connectivity index (χ0) is 18.5. The van der Waals surface area contributed by atoms with E-state index in [1.807, 2.05) is 6.92 Å². The third kappa shape index (κ3) is 1.67. The SMILES string of the molecule is CC12CCC(CC1=NOC(=O)C13CCC(C)(C(=O)C1)C3(C)C)C2(C)C. The molecule has 4 bridgehead atoms. The molecule has 4 nitrogen and oxygen atoms in total. The van der Waals surface area contributed by atoms with Crippen LogP contribution in [0.1, 0.15) is 80.1 Å². The smallest absolute Gasteiger partial charge is 0.318 e. The van der Waals surface area contributed by atoms with Crippen LogP contribution >= 0.6 is 0 Å². The van der Waals surface area contributed by atoms with Gasteiger partial charge in [0.05, 0.1) is 11.1 Å². The first-order valence-electron chi connectivity index (χ1n) is 9.75. The number of nitrogens with zero attached hydrogens (tertiary/aromatic N) is 1. The number of carbonyl (C=O) groups excluding carboxylic acids is 2. The first kappa shape index (κ1) is 17.2. The van der Waals surface area contributed by atoms with E-state index in [0.717, 1.165) is 31.4 Å². The van der Waals surface area contributed by atoms with Crippen LogP contribution in [0, 0.1) is 33.0 Å². The maximum atomic E-state index is 13.1.